The fourth-order valence-electron chi connectivity index (χ4n) is 1.44. The van der Waals surface area contributed by atoms with Gasteiger partial charge in [-0.15, -0.1) is 0 Å². The number of carboxylic acid groups (broad SMARTS) is 1. The van der Waals surface area contributed by atoms with Crippen LogP contribution in [0.1, 0.15) is 36.2 Å². The molecule has 104 valence electrons. The zero-order valence-corrected chi connectivity index (χ0v) is 11.4. The van der Waals surface area contributed by atoms with Gasteiger partial charge in [-0.1, -0.05) is 19.1 Å². The van der Waals surface area contributed by atoms with Crippen molar-refractivity contribution < 1.29 is 14.7 Å². The molecule has 0 fully saturated rings. The Kier molecular flexibility index (Phi) is 5.48. The van der Waals surface area contributed by atoms with Gasteiger partial charge in [0.2, 0.25) is 0 Å². The van der Waals surface area contributed by atoms with Crippen molar-refractivity contribution in [2.24, 2.45) is 0 Å². The van der Waals surface area contributed by atoms with Crippen molar-refractivity contribution >= 4 is 18.0 Å². The Morgan fingerprint density at radius 1 is 1.40 bits per heavy atom. The number of amides is 1. The van der Waals surface area contributed by atoms with Crippen LogP contribution in [0.4, 0.5) is 0 Å². The first-order chi connectivity index (χ1) is 9.47. The van der Waals surface area contributed by atoms with E-state index in [1.54, 1.807) is 12.1 Å². The summed E-state index contributed by atoms with van der Waals surface area (Å²) in [7, 11) is 0. The molecule has 1 rings (SSSR count). The van der Waals surface area contributed by atoms with Gasteiger partial charge >= 0.3 is 5.97 Å². The molecule has 0 aliphatic carbocycles. The van der Waals surface area contributed by atoms with Gasteiger partial charge in [-0.05, 0) is 37.1 Å². The van der Waals surface area contributed by atoms with E-state index in [0.29, 0.717) is 5.56 Å². The highest BCUT2D eigenvalue weighted by Crippen LogP contribution is 2.09. The van der Waals surface area contributed by atoms with Crippen LogP contribution < -0.4 is 5.32 Å². The average Bonchev–Trinajstić information content (AvgIpc) is 2.44. The lowest BCUT2D eigenvalue weighted by Gasteiger charge is -2.10. The summed E-state index contributed by atoms with van der Waals surface area (Å²) in [5.74, 6) is -1.44. The standard InChI is InChI=1S/C15H16N2O3/c1-3-10(2)17-14(18)13(9-16)8-11-4-6-12(7-5-11)15(19)20/h4-8,10H,3H2,1-2H3,(H,17,18)(H,19,20)/b13-8+/t10-/m0/s1. The van der Waals surface area contributed by atoms with Gasteiger partial charge in [0.25, 0.3) is 5.91 Å². The number of aromatic carboxylic acids is 1. The van der Waals surface area contributed by atoms with Crippen LogP contribution in [0.5, 0.6) is 0 Å². The normalized spacial score (nSPS) is 12.3. The van der Waals surface area contributed by atoms with Crippen LogP contribution in [0.25, 0.3) is 6.08 Å². The molecule has 5 heteroatoms. The second-order valence-electron chi connectivity index (χ2n) is 4.38. The largest absolute Gasteiger partial charge is 0.478 e. The van der Waals surface area contributed by atoms with Crippen LogP contribution in [0.3, 0.4) is 0 Å². The van der Waals surface area contributed by atoms with Crippen molar-refractivity contribution in [2.75, 3.05) is 0 Å². The number of nitrogens with one attached hydrogen (secondary N) is 1. The summed E-state index contributed by atoms with van der Waals surface area (Å²) < 4.78 is 0. The minimum absolute atomic E-state index is 0.00589. The molecule has 5 nitrogen and oxygen atoms in total. The molecule has 1 aromatic carbocycles. The van der Waals surface area contributed by atoms with Gasteiger partial charge in [-0.3, -0.25) is 4.79 Å². The summed E-state index contributed by atoms with van der Waals surface area (Å²) >= 11 is 0. The zero-order valence-electron chi connectivity index (χ0n) is 11.4. The van der Waals surface area contributed by atoms with Crippen molar-refractivity contribution in [3.63, 3.8) is 0 Å². The Balaban J connectivity index is 2.92. The number of rotatable bonds is 5. The highest BCUT2D eigenvalue weighted by molar-refractivity contribution is 6.01. The maximum atomic E-state index is 11.8. The third kappa shape index (κ3) is 4.25. The minimum atomic E-state index is -1.02. The SMILES string of the molecule is CC[C@H](C)NC(=O)/C(C#N)=C/c1ccc(C(=O)O)cc1. The van der Waals surface area contributed by atoms with E-state index in [4.69, 9.17) is 10.4 Å². The first-order valence-corrected chi connectivity index (χ1v) is 6.24. The van der Waals surface area contributed by atoms with E-state index in [-0.39, 0.29) is 17.2 Å². The third-order valence-electron chi connectivity index (χ3n) is 2.82. The second-order valence-corrected chi connectivity index (χ2v) is 4.38. The maximum absolute atomic E-state index is 11.8. The van der Waals surface area contributed by atoms with Crippen LogP contribution >= 0.6 is 0 Å². The predicted octanol–water partition coefficient (Wildman–Crippen LogP) is 2.21. The lowest BCUT2D eigenvalue weighted by Crippen LogP contribution is -2.32. The Morgan fingerprint density at radius 3 is 2.45 bits per heavy atom. The fourth-order valence-corrected chi connectivity index (χ4v) is 1.44. The molecular weight excluding hydrogens is 256 g/mol. The van der Waals surface area contributed by atoms with Crippen molar-refractivity contribution in [3.8, 4) is 6.07 Å². The second kappa shape index (κ2) is 7.10. The first kappa shape index (κ1) is 15.4. The van der Waals surface area contributed by atoms with Gasteiger partial charge in [0.15, 0.2) is 0 Å². The molecule has 0 heterocycles. The van der Waals surface area contributed by atoms with E-state index in [1.165, 1.54) is 18.2 Å². The number of hydrogen-bond donors (Lipinski definition) is 2. The number of nitriles is 1. The molecule has 20 heavy (non-hydrogen) atoms. The number of carboxylic acids is 1. The van der Waals surface area contributed by atoms with Crippen LogP contribution in [0, 0.1) is 11.3 Å². The molecule has 0 aliphatic heterocycles. The van der Waals surface area contributed by atoms with Gasteiger partial charge in [0.1, 0.15) is 11.6 Å². The summed E-state index contributed by atoms with van der Waals surface area (Å²) in [5.41, 5.74) is 0.754. The monoisotopic (exact) mass is 272 g/mol. The van der Waals surface area contributed by atoms with Crippen molar-refractivity contribution in [1.82, 2.24) is 5.32 Å². The number of nitrogens with zero attached hydrogens (tertiary/aromatic N) is 1. The van der Waals surface area contributed by atoms with Crippen LogP contribution in [-0.4, -0.2) is 23.0 Å². The summed E-state index contributed by atoms with van der Waals surface area (Å²) in [5, 5.41) is 20.5. The quantitative estimate of drug-likeness (QED) is 0.635. The molecule has 0 unspecified atom stereocenters. The van der Waals surface area contributed by atoms with Crippen molar-refractivity contribution in [1.29, 1.82) is 5.26 Å². The van der Waals surface area contributed by atoms with Crippen LogP contribution in [0.2, 0.25) is 0 Å². The van der Waals surface area contributed by atoms with Crippen molar-refractivity contribution in [2.45, 2.75) is 26.3 Å². The van der Waals surface area contributed by atoms with Gasteiger partial charge in [0, 0.05) is 6.04 Å². The molecule has 0 saturated heterocycles. The van der Waals surface area contributed by atoms with Crippen LogP contribution in [-0.2, 0) is 4.79 Å². The molecule has 0 aliphatic rings. The highest BCUT2D eigenvalue weighted by Gasteiger charge is 2.11. The number of benzene rings is 1. The summed E-state index contributed by atoms with van der Waals surface area (Å²) in [4.78, 5) is 22.5. The maximum Gasteiger partial charge on any atom is 0.335 e. The van der Waals surface area contributed by atoms with E-state index in [9.17, 15) is 9.59 Å². The molecule has 0 radical (unpaired) electrons. The van der Waals surface area contributed by atoms with Gasteiger partial charge in [-0.2, -0.15) is 5.26 Å². The lowest BCUT2D eigenvalue weighted by molar-refractivity contribution is -0.117. The topological polar surface area (TPSA) is 90.2 Å². The molecule has 2 N–H and O–H groups in total. The Hall–Kier alpha value is -2.61. The van der Waals surface area contributed by atoms with Gasteiger partial charge in [-0.25, -0.2) is 4.79 Å². The van der Waals surface area contributed by atoms with Gasteiger partial charge < -0.3 is 10.4 Å². The summed E-state index contributed by atoms with van der Waals surface area (Å²) in [6.45, 7) is 3.79. The zero-order chi connectivity index (χ0) is 15.1. The Morgan fingerprint density at radius 2 is 2.00 bits per heavy atom. The Labute approximate surface area is 117 Å². The smallest absolute Gasteiger partial charge is 0.335 e. The van der Waals surface area contributed by atoms with E-state index < -0.39 is 11.9 Å². The molecule has 1 aromatic rings. The third-order valence-corrected chi connectivity index (χ3v) is 2.82. The van der Waals surface area contributed by atoms with E-state index >= 15 is 0 Å². The number of carbonyl (C=O) groups is 2. The highest BCUT2D eigenvalue weighted by atomic mass is 16.4. The van der Waals surface area contributed by atoms with Crippen molar-refractivity contribution in [3.05, 3.63) is 41.0 Å². The average molecular weight is 272 g/mol. The molecule has 0 aromatic heterocycles. The predicted molar refractivity (Wildman–Crippen MR) is 74.9 cm³/mol. The fraction of sp³-hybridized carbons (Fsp3) is 0.267. The summed E-state index contributed by atoms with van der Waals surface area (Å²) in [6.07, 6.45) is 2.21. The lowest BCUT2D eigenvalue weighted by atomic mass is 10.1. The molecule has 0 saturated carbocycles. The number of hydrogen-bond acceptors (Lipinski definition) is 3. The van der Waals surface area contributed by atoms with E-state index in [2.05, 4.69) is 5.32 Å². The first-order valence-electron chi connectivity index (χ1n) is 6.24. The van der Waals surface area contributed by atoms with Gasteiger partial charge in [0.05, 0.1) is 5.56 Å². The molecule has 0 bridgehead atoms. The van der Waals surface area contributed by atoms with Crippen LogP contribution in [0.15, 0.2) is 29.8 Å². The molecule has 0 spiro atoms. The van der Waals surface area contributed by atoms with E-state index in [1.807, 2.05) is 19.9 Å². The molecular formula is C15H16N2O3. The number of carbonyl (C=O) groups excluding carboxylic acids is 1. The molecule has 1 atom stereocenters. The molecule has 1 amide bonds. The summed E-state index contributed by atoms with van der Waals surface area (Å²) in [6, 6.07) is 7.80. The minimum Gasteiger partial charge on any atom is -0.478 e. The Bertz CT molecular complexity index is 568. The van der Waals surface area contributed by atoms with E-state index in [0.717, 1.165) is 6.42 Å².